The number of hydrogen-bond donors (Lipinski definition) is 0. The van der Waals surface area contributed by atoms with Gasteiger partial charge in [0, 0.05) is 18.3 Å². The van der Waals surface area contributed by atoms with Gasteiger partial charge in [-0.05, 0) is 19.8 Å². The van der Waals surface area contributed by atoms with E-state index in [1.54, 1.807) is 0 Å². The Kier molecular flexibility index (Phi) is 6.31. The summed E-state index contributed by atoms with van der Waals surface area (Å²) in [5.74, 6) is 9.54. The van der Waals surface area contributed by atoms with Crippen molar-refractivity contribution < 1.29 is 0 Å². The van der Waals surface area contributed by atoms with Crippen molar-refractivity contribution in [3.63, 3.8) is 0 Å². The lowest BCUT2D eigenvalue weighted by Gasteiger charge is -2.02. The Morgan fingerprint density at radius 1 is 1.25 bits per heavy atom. The van der Waals surface area contributed by atoms with Crippen LogP contribution in [0.1, 0.15) is 33.1 Å². The van der Waals surface area contributed by atoms with Gasteiger partial charge >= 0.3 is 0 Å². The van der Waals surface area contributed by atoms with Gasteiger partial charge in [-0.3, -0.25) is 0 Å². The summed E-state index contributed by atoms with van der Waals surface area (Å²) in [5, 5.41) is 0. The minimum absolute atomic E-state index is 0.261. The molecule has 0 aromatic heterocycles. The molecule has 0 aliphatic rings. The molecule has 2 unspecified atom stereocenters. The molecule has 0 aromatic carbocycles. The van der Waals surface area contributed by atoms with E-state index in [2.05, 4.69) is 38.5 Å². The van der Waals surface area contributed by atoms with Crippen LogP contribution >= 0.6 is 0 Å². The van der Waals surface area contributed by atoms with Crippen LogP contribution in [0.4, 0.5) is 0 Å². The van der Waals surface area contributed by atoms with Crippen LogP contribution in [0, 0.1) is 42.9 Å². The van der Waals surface area contributed by atoms with Crippen molar-refractivity contribution in [3.8, 4) is 24.2 Å². The van der Waals surface area contributed by atoms with Crippen molar-refractivity contribution in [1.82, 2.24) is 0 Å². The smallest absolute Gasteiger partial charge is 0.0309 e. The van der Waals surface area contributed by atoms with E-state index in [1.165, 1.54) is 0 Å². The van der Waals surface area contributed by atoms with Crippen LogP contribution in [-0.4, -0.2) is 0 Å². The highest BCUT2D eigenvalue weighted by molar-refractivity contribution is 5.10. The predicted molar refractivity (Wildman–Crippen MR) is 54.1 cm³/mol. The molecule has 0 aliphatic heterocycles. The lowest BCUT2D eigenvalue weighted by molar-refractivity contribution is 0.668. The van der Waals surface area contributed by atoms with Crippen LogP contribution in [0.2, 0.25) is 0 Å². The molecular formula is C12H17. The largest absolute Gasteiger partial charge is 0.120 e. The fraction of sp³-hybridized carbons (Fsp3) is 0.583. The van der Waals surface area contributed by atoms with Crippen LogP contribution in [-0.2, 0) is 0 Å². The van der Waals surface area contributed by atoms with E-state index in [9.17, 15) is 0 Å². The highest BCUT2D eigenvalue weighted by atomic mass is 14.0. The molecule has 0 heteroatoms. The minimum atomic E-state index is 0.261. The molecule has 0 N–H and O–H groups in total. The minimum Gasteiger partial charge on any atom is -0.120 e. The maximum atomic E-state index is 5.21. The average molecular weight is 161 g/mol. The molecule has 0 spiro atoms. The summed E-state index contributed by atoms with van der Waals surface area (Å²) in [6.07, 6.45) is 8.02. The zero-order chi connectivity index (χ0) is 9.40. The van der Waals surface area contributed by atoms with Gasteiger partial charge in [0.25, 0.3) is 0 Å². The zero-order valence-electron chi connectivity index (χ0n) is 8.06. The summed E-state index contributed by atoms with van der Waals surface area (Å²) in [6, 6.07) is 0. The van der Waals surface area contributed by atoms with Gasteiger partial charge in [0.05, 0.1) is 0 Å². The summed E-state index contributed by atoms with van der Waals surface area (Å²) in [5.41, 5.74) is 0. The third kappa shape index (κ3) is 4.86. The molecule has 0 saturated heterocycles. The number of rotatable bonds is 3. The predicted octanol–water partition coefficient (Wildman–Crippen LogP) is 2.90. The first-order chi connectivity index (χ1) is 5.74. The van der Waals surface area contributed by atoms with Gasteiger partial charge in [0.15, 0.2) is 0 Å². The lowest BCUT2D eigenvalue weighted by Crippen LogP contribution is -1.94. The molecule has 2 atom stereocenters. The summed E-state index contributed by atoms with van der Waals surface area (Å²) < 4.78 is 0. The second-order valence-electron chi connectivity index (χ2n) is 2.91. The van der Waals surface area contributed by atoms with Crippen LogP contribution in [0.15, 0.2) is 0 Å². The van der Waals surface area contributed by atoms with Gasteiger partial charge in [-0.25, -0.2) is 0 Å². The molecule has 1 radical (unpaired) electrons. The highest BCUT2D eigenvalue weighted by Gasteiger charge is 1.98. The third-order valence-corrected chi connectivity index (χ3v) is 1.84. The summed E-state index contributed by atoms with van der Waals surface area (Å²) in [4.78, 5) is 0. The Morgan fingerprint density at radius 2 is 1.92 bits per heavy atom. The van der Waals surface area contributed by atoms with Crippen molar-refractivity contribution in [2.24, 2.45) is 11.8 Å². The fourth-order valence-electron chi connectivity index (χ4n) is 0.777. The molecule has 0 heterocycles. The van der Waals surface area contributed by atoms with Crippen molar-refractivity contribution in [1.29, 1.82) is 0 Å². The lowest BCUT2D eigenvalue weighted by atomic mass is 10.0. The fourth-order valence-corrected chi connectivity index (χ4v) is 0.777. The first-order valence-corrected chi connectivity index (χ1v) is 4.52. The summed E-state index contributed by atoms with van der Waals surface area (Å²) >= 11 is 0. The Labute approximate surface area is 76.8 Å². The van der Waals surface area contributed by atoms with Gasteiger partial charge in [-0.1, -0.05) is 25.7 Å². The standard InChI is InChI=1S/C12H17/c1-5-8-12(7-3)10-9-11(4)6-2/h1,11-12H,4,6-8H2,2-3H3. The summed E-state index contributed by atoms with van der Waals surface area (Å²) in [7, 11) is 0. The topological polar surface area (TPSA) is 0 Å². The van der Waals surface area contributed by atoms with Crippen LogP contribution in [0.3, 0.4) is 0 Å². The Hall–Kier alpha value is -0.880. The molecule has 0 bridgehead atoms. The molecule has 12 heavy (non-hydrogen) atoms. The van der Waals surface area contributed by atoms with E-state index in [4.69, 9.17) is 6.42 Å². The third-order valence-electron chi connectivity index (χ3n) is 1.84. The van der Waals surface area contributed by atoms with Gasteiger partial charge in [0.2, 0.25) is 0 Å². The number of terminal acetylenes is 1. The second-order valence-corrected chi connectivity index (χ2v) is 2.91. The van der Waals surface area contributed by atoms with E-state index >= 15 is 0 Å². The molecule has 0 amide bonds. The maximum absolute atomic E-state index is 5.21. The SMILES string of the molecule is C#CCC(C#CC([CH2])CC)CC. The molecule has 65 valence electrons. The maximum Gasteiger partial charge on any atom is 0.0309 e. The van der Waals surface area contributed by atoms with Gasteiger partial charge in [-0.2, -0.15) is 0 Å². The average Bonchev–Trinajstić information content (AvgIpc) is 2.11. The zero-order valence-corrected chi connectivity index (χ0v) is 8.06. The van der Waals surface area contributed by atoms with Crippen LogP contribution in [0.25, 0.3) is 0 Å². The Balaban J connectivity index is 3.97. The Bertz CT molecular complexity index is 196. The van der Waals surface area contributed by atoms with E-state index in [1.807, 2.05) is 0 Å². The van der Waals surface area contributed by atoms with E-state index < -0.39 is 0 Å². The van der Waals surface area contributed by atoms with Crippen molar-refractivity contribution >= 4 is 0 Å². The van der Waals surface area contributed by atoms with Gasteiger partial charge in [0.1, 0.15) is 0 Å². The molecule has 0 nitrogen and oxygen atoms in total. The highest BCUT2D eigenvalue weighted by Crippen LogP contribution is 2.06. The van der Waals surface area contributed by atoms with Crippen molar-refractivity contribution in [3.05, 3.63) is 6.92 Å². The monoisotopic (exact) mass is 161 g/mol. The van der Waals surface area contributed by atoms with Crippen molar-refractivity contribution in [2.45, 2.75) is 33.1 Å². The molecule has 0 rings (SSSR count). The number of hydrogen-bond acceptors (Lipinski definition) is 0. The van der Waals surface area contributed by atoms with Crippen molar-refractivity contribution in [2.75, 3.05) is 0 Å². The van der Waals surface area contributed by atoms with Gasteiger partial charge < -0.3 is 0 Å². The summed E-state index contributed by atoms with van der Waals surface area (Å²) in [6.45, 7) is 8.10. The molecule has 0 saturated carbocycles. The second kappa shape index (κ2) is 6.81. The first kappa shape index (κ1) is 11.1. The quantitative estimate of drug-likeness (QED) is 0.558. The molecule has 0 aromatic rings. The van der Waals surface area contributed by atoms with Crippen LogP contribution in [0.5, 0.6) is 0 Å². The molecular weight excluding hydrogens is 144 g/mol. The van der Waals surface area contributed by atoms with Crippen LogP contribution < -0.4 is 0 Å². The van der Waals surface area contributed by atoms with E-state index in [0.717, 1.165) is 19.3 Å². The molecule has 0 fully saturated rings. The van der Waals surface area contributed by atoms with Gasteiger partial charge in [-0.15, -0.1) is 12.3 Å². The van der Waals surface area contributed by atoms with E-state index in [0.29, 0.717) is 5.92 Å². The molecule has 0 aliphatic carbocycles. The normalized spacial score (nSPS) is 13.8. The Morgan fingerprint density at radius 3 is 2.33 bits per heavy atom. The first-order valence-electron chi connectivity index (χ1n) is 4.52. The van der Waals surface area contributed by atoms with E-state index in [-0.39, 0.29) is 5.92 Å².